The lowest BCUT2D eigenvalue weighted by atomic mass is 9.55. The highest BCUT2D eigenvalue weighted by atomic mass is 16.5. The molecule has 4 rings (SSSR count). The van der Waals surface area contributed by atoms with E-state index in [1.165, 1.54) is 11.1 Å². The first-order valence-electron chi connectivity index (χ1n) is 8.72. The van der Waals surface area contributed by atoms with Gasteiger partial charge in [-0.05, 0) is 73.1 Å². The normalized spacial score (nSPS) is 37.7. The number of benzene rings is 1. The van der Waals surface area contributed by atoms with Gasteiger partial charge in [-0.25, -0.2) is 0 Å². The highest BCUT2D eigenvalue weighted by Gasteiger charge is 2.61. The zero-order valence-electron chi connectivity index (χ0n) is 13.9. The fraction of sp³-hybridized carbons (Fsp3) is 0.684. The molecule has 3 aliphatic carbocycles. The van der Waals surface area contributed by atoms with E-state index in [9.17, 15) is 15.3 Å². The van der Waals surface area contributed by atoms with Crippen LogP contribution < -0.4 is 4.74 Å². The molecule has 1 aromatic carbocycles. The van der Waals surface area contributed by atoms with Crippen molar-refractivity contribution in [3.05, 3.63) is 23.3 Å². The van der Waals surface area contributed by atoms with Crippen LogP contribution in [0.3, 0.4) is 0 Å². The van der Waals surface area contributed by atoms with E-state index in [4.69, 9.17) is 4.74 Å². The van der Waals surface area contributed by atoms with Crippen molar-refractivity contribution >= 4 is 0 Å². The van der Waals surface area contributed by atoms with Crippen LogP contribution >= 0.6 is 0 Å². The van der Waals surface area contributed by atoms with Gasteiger partial charge in [0.15, 0.2) is 17.3 Å². The summed E-state index contributed by atoms with van der Waals surface area (Å²) in [4.78, 5) is 0. The monoisotopic (exact) mass is 318 g/mol. The average molecular weight is 318 g/mol. The first-order chi connectivity index (χ1) is 10.9. The van der Waals surface area contributed by atoms with Gasteiger partial charge >= 0.3 is 0 Å². The average Bonchev–Trinajstić information content (AvgIpc) is 2.76. The lowest BCUT2D eigenvalue weighted by Crippen LogP contribution is -2.50. The maximum absolute atomic E-state index is 10.5. The molecule has 2 fully saturated rings. The third kappa shape index (κ3) is 1.97. The summed E-state index contributed by atoms with van der Waals surface area (Å²) in [6.07, 6.45) is 5.22. The van der Waals surface area contributed by atoms with Crippen LogP contribution in [0.15, 0.2) is 12.1 Å². The van der Waals surface area contributed by atoms with Crippen molar-refractivity contribution in [2.45, 2.75) is 57.2 Å². The van der Waals surface area contributed by atoms with Crippen LogP contribution in [0.2, 0.25) is 0 Å². The topological polar surface area (TPSA) is 69.9 Å². The van der Waals surface area contributed by atoms with Gasteiger partial charge in [0.25, 0.3) is 0 Å². The fourth-order valence-corrected chi connectivity index (χ4v) is 5.74. The molecule has 126 valence electrons. The van der Waals surface area contributed by atoms with Crippen molar-refractivity contribution in [3.8, 4) is 11.5 Å². The van der Waals surface area contributed by atoms with Crippen LogP contribution in [0.25, 0.3) is 0 Å². The first kappa shape index (κ1) is 15.3. The summed E-state index contributed by atoms with van der Waals surface area (Å²) in [7, 11) is 1.59. The number of fused-ring (bicyclic) bond motifs is 5. The summed E-state index contributed by atoms with van der Waals surface area (Å²) in [5, 5.41) is 30.9. The van der Waals surface area contributed by atoms with E-state index in [2.05, 4.69) is 6.92 Å². The van der Waals surface area contributed by atoms with Gasteiger partial charge in [-0.2, -0.15) is 0 Å². The second-order valence-electron chi connectivity index (χ2n) is 7.95. The lowest BCUT2D eigenvalue weighted by Gasteiger charge is -2.51. The van der Waals surface area contributed by atoms with Crippen molar-refractivity contribution in [1.82, 2.24) is 0 Å². The molecular weight excluding hydrogens is 292 g/mol. The minimum atomic E-state index is -1.52. The minimum absolute atomic E-state index is 0.218. The zero-order chi connectivity index (χ0) is 16.4. The van der Waals surface area contributed by atoms with Crippen molar-refractivity contribution < 1.29 is 20.1 Å². The predicted octanol–water partition coefficient (Wildman–Crippen LogP) is 2.94. The molecule has 0 heterocycles. The van der Waals surface area contributed by atoms with Gasteiger partial charge in [0.05, 0.1) is 7.11 Å². The number of phenolic OH excluding ortho intramolecular Hbond substituents is 1. The standard InChI is InChI=1S/C19H26O4/c1-18-7-5-12-13(15(18)6-8-19(18,21)22)4-3-11-9-16(20)17(23-2)10-14(11)12/h9-10,12-13,15,20-22H,3-8H2,1-2H3/t12-,13+,15-,18-/m0/s1. The Balaban J connectivity index is 1.73. The molecule has 0 aliphatic heterocycles. The minimum Gasteiger partial charge on any atom is -0.504 e. The molecule has 1 aromatic rings. The quantitative estimate of drug-likeness (QED) is 0.696. The molecule has 3 N–H and O–H groups in total. The Bertz CT molecular complexity index is 639. The number of aryl methyl sites for hydroxylation is 1. The molecule has 0 saturated heterocycles. The predicted molar refractivity (Wildman–Crippen MR) is 86.4 cm³/mol. The molecule has 4 heteroatoms. The molecule has 0 amide bonds. The van der Waals surface area contributed by atoms with Gasteiger partial charge in [-0.1, -0.05) is 6.92 Å². The van der Waals surface area contributed by atoms with Crippen LogP contribution in [0.4, 0.5) is 0 Å². The molecular formula is C19H26O4. The summed E-state index contributed by atoms with van der Waals surface area (Å²) >= 11 is 0. The Morgan fingerprint density at radius 3 is 2.65 bits per heavy atom. The maximum Gasteiger partial charge on any atom is 0.168 e. The van der Waals surface area contributed by atoms with Crippen LogP contribution in [-0.4, -0.2) is 28.2 Å². The van der Waals surface area contributed by atoms with E-state index in [1.54, 1.807) is 7.11 Å². The third-order valence-electron chi connectivity index (χ3n) is 7.13. The summed E-state index contributed by atoms with van der Waals surface area (Å²) in [5.74, 6) is 0.551. The zero-order valence-corrected chi connectivity index (χ0v) is 13.9. The molecule has 4 nitrogen and oxygen atoms in total. The number of rotatable bonds is 1. The van der Waals surface area contributed by atoms with E-state index in [-0.39, 0.29) is 11.2 Å². The SMILES string of the molecule is COc1cc2c(cc1O)CC[C@@H]1[C@@H]2CC[C@@]2(C)[C@H]1CCC2(O)O. The van der Waals surface area contributed by atoms with Crippen molar-refractivity contribution in [2.24, 2.45) is 17.3 Å². The van der Waals surface area contributed by atoms with Gasteiger partial charge in [-0.15, -0.1) is 0 Å². The fourth-order valence-electron chi connectivity index (χ4n) is 5.74. The largest absolute Gasteiger partial charge is 0.504 e. The number of aliphatic hydroxyl groups is 2. The maximum atomic E-state index is 10.5. The number of hydrogen-bond donors (Lipinski definition) is 3. The number of aromatic hydroxyl groups is 1. The van der Waals surface area contributed by atoms with Gasteiger partial charge in [0, 0.05) is 11.8 Å². The highest BCUT2D eigenvalue weighted by molar-refractivity contribution is 5.49. The lowest BCUT2D eigenvalue weighted by molar-refractivity contribution is -0.241. The summed E-state index contributed by atoms with van der Waals surface area (Å²) < 4.78 is 5.30. The van der Waals surface area contributed by atoms with E-state index in [0.29, 0.717) is 29.9 Å². The molecule has 4 atom stereocenters. The van der Waals surface area contributed by atoms with Crippen LogP contribution in [0.5, 0.6) is 11.5 Å². The van der Waals surface area contributed by atoms with E-state index in [1.807, 2.05) is 12.1 Å². The number of phenols is 1. The van der Waals surface area contributed by atoms with Gasteiger partial charge in [0.1, 0.15) is 0 Å². The van der Waals surface area contributed by atoms with Crippen LogP contribution in [0, 0.1) is 17.3 Å². The summed E-state index contributed by atoms with van der Waals surface area (Å²) in [5.41, 5.74) is 2.14. The van der Waals surface area contributed by atoms with Crippen LogP contribution in [-0.2, 0) is 6.42 Å². The van der Waals surface area contributed by atoms with Crippen molar-refractivity contribution in [3.63, 3.8) is 0 Å². The number of methoxy groups -OCH3 is 1. The molecule has 3 aliphatic rings. The van der Waals surface area contributed by atoms with E-state index >= 15 is 0 Å². The Labute approximate surface area is 137 Å². The van der Waals surface area contributed by atoms with E-state index in [0.717, 1.165) is 32.1 Å². The smallest absolute Gasteiger partial charge is 0.168 e. The van der Waals surface area contributed by atoms with Crippen LogP contribution in [0.1, 0.15) is 56.1 Å². The molecule has 0 radical (unpaired) electrons. The van der Waals surface area contributed by atoms with Gasteiger partial charge in [-0.3, -0.25) is 0 Å². The second kappa shape index (κ2) is 4.87. The van der Waals surface area contributed by atoms with Gasteiger partial charge < -0.3 is 20.1 Å². The van der Waals surface area contributed by atoms with E-state index < -0.39 is 5.79 Å². The first-order valence-corrected chi connectivity index (χ1v) is 8.72. The Morgan fingerprint density at radius 2 is 1.91 bits per heavy atom. The molecule has 23 heavy (non-hydrogen) atoms. The molecule has 0 spiro atoms. The number of ether oxygens (including phenoxy) is 1. The molecule has 0 aromatic heterocycles. The Hall–Kier alpha value is -1.26. The molecule has 2 saturated carbocycles. The summed E-state index contributed by atoms with van der Waals surface area (Å²) in [6, 6.07) is 3.86. The highest BCUT2D eigenvalue weighted by Crippen LogP contribution is 2.63. The second-order valence-corrected chi connectivity index (χ2v) is 7.95. The molecule has 0 bridgehead atoms. The summed E-state index contributed by atoms with van der Waals surface area (Å²) in [6.45, 7) is 2.06. The van der Waals surface area contributed by atoms with Gasteiger partial charge in [0.2, 0.25) is 0 Å². The van der Waals surface area contributed by atoms with Crippen molar-refractivity contribution in [2.75, 3.05) is 7.11 Å². The Kier molecular flexibility index (Phi) is 3.23. The van der Waals surface area contributed by atoms with Crippen molar-refractivity contribution in [1.29, 1.82) is 0 Å². The number of hydrogen-bond acceptors (Lipinski definition) is 4. The molecule has 0 unspecified atom stereocenters. The third-order valence-corrected chi connectivity index (χ3v) is 7.13. The Morgan fingerprint density at radius 1 is 1.13 bits per heavy atom.